The molecule has 0 bridgehead atoms. The van der Waals surface area contributed by atoms with Crippen molar-refractivity contribution in [3.05, 3.63) is 95.6 Å². The number of ether oxygens (including phenoxy) is 2. The molecule has 0 aromatic heterocycles. The van der Waals surface area contributed by atoms with E-state index in [1.54, 1.807) is 53.4 Å². The highest BCUT2D eigenvalue weighted by Crippen LogP contribution is 2.18. The Balaban J connectivity index is 1.28. The Morgan fingerprint density at radius 3 is 2.33 bits per heavy atom. The molecule has 4 rings (SSSR count). The third-order valence-corrected chi connectivity index (χ3v) is 5.42. The van der Waals surface area contributed by atoms with Crippen molar-refractivity contribution in [1.82, 2.24) is 10.3 Å². The van der Waals surface area contributed by atoms with Gasteiger partial charge in [0.05, 0.1) is 30.7 Å². The Hall–Kier alpha value is -4.50. The summed E-state index contributed by atoms with van der Waals surface area (Å²) in [4.78, 5) is 39.1. The number of morpholine rings is 1. The molecule has 0 spiro atoms. The van der Waals surface area contributed by atoms with Crippen LogP contribution in [0.2, 0.25) is 0 Å². The number of benzene rings is 3. The van der Waals surface area contributed by atoms with Crippen LogP contribution in [-0.4, -0.2) is 55.1 Å². The van der Waals surface area contributed by atoms with Crippen molar-refractivity contribution >= 4 is 29.6 Å². The number of hydrogen-bond donors (Lipinski definition) is 2. The Morgan fingerprint density at radius 1 is 0.889 bits per heavy atom. The van der Waals surface area contributed by atoms with E-state index in [1.165, 1.54) is 6.21 Å². The topological polar surface area (TPSA) is 109 Å². The highest BCUT2D eigenvalue weighted by Gasteiger charge is 2.22. The molecule has 0 radical (unpaired) electrons. The first-order valence-electron chi connectivity index (χ1n) is 11.5. The van der Waals surface area contributed by atoms with Gasteiger partial charge in [0.15, 0.2) is 0 Å². The van der Waals surface area contributed by atoms with Crippen LogP contribution >= 0.6 is 0 Å². The van der Waals surface area contributed by atoms with E-state index in [1.807, 2.05) is 30.3 Å². The minimum absolute atomic E-state index is 0.233. The molecule has 36 heavy (non-hydrogen) atoms. The normalized spacial score (nSPS) is 13.3. The molecule has 1 aliphatic rings. The van der Waals surface area contributed by atoms with Crippen LogP contribution in [0.5, 0.6) is 5.75 Å². The lowest BCUT2D eigenvalue weighted by atomic mass is 10.1. The lowest BCUT2D eigenvalue weighted by molar-refractivity contribution is -0.136. The Kier molecular flexibility index (Phi) is 8.39. The molecule has 3 aromatic carbocycles. The molecule has 0 aliphatic carbocycles. The van der Waals surface area contributed by atoms with Crippen LogP contribution < -0.4 is 15.5 Å². The number of carbonyl (C=O) groups is 3. The van der Waals surface area contributed by atoms with Crippen molar-refractivity contribution in [1.29, 1.82) is 0 Å². The lowest BCUT2D eigenvalue weighted by Gasteiger charge is -2.27. The minimum atomic E-state index is -0.956. The number of para-hydroxylation sites is 1. The van der Waals surface area contributed by atoms with E-state index in [9.17, 15) is 14.4 Å². The van der Waals surface area contributed by atoms with Crippen molar-refractivity contribution in [3.63, 3.8) is 0 Å². The molecule has 1 heterocycles. The van der Waals surface area contributed by atoms with Crippen molar-refractivity contribution in [2.45, 2.75) is 6.61 Å². The van der Waals surface area contributed by atoms with Gasteiger partial charge in [-0.2, -0.15) is 5.10 Å². The third kappa shape index (κ3) is 6.77. The summed E-state index contributed by atoms with van der Waals surface area (Å²) >= 11 is 0. The van der Waals surface area contributed by atoms with Crippen molar-refractivity contribution in [3.8, 4) is 5.75 Å². The summed E-state index contributed by atoms with van der Waals surface area (Å²) in [6.07, 6.45) is 1.42. The van der Waals surface area contributed by atoms with Gasteiger partial charge in [-0.1, -0.05) is 42.5 Å². The third-order valence-electron chi connectivity index (χ3n) is 5.42. The summed E-state index contributed by atoms with van der Waals surface area (Å²) in [5, 5.41) is 6.34. The largest absolute Gasteiger partial charge is 0.489 e. The van der Waals surface area contributed by atoms with Gasteiger partial charge in [-0.05, 0) is 47.5 Å². The van der Waals surface area contributed by atoms with Gasteiger partial charge in [0, 0.05) is 13.1 Å². The zero-order valence-corrected chi connectivity index (χ0v) is 19.6. The minimum Gasteiger partial charge on any atom is -0.489 e. The summed E-state index contributed by atoms with van der Waals surface area (Å²) in [6, 6.07) is 23.5. The Labute approximate surface area is 208 Å². The van der Waals surface area contributed by atoms with E-state index < -0.39 is 11.8 Å². The molecule has 9 heteroatoms. The second-order valence-corrected chi connectivity index (χ2v) is 7.95. The fourth-order valence-corrected chi connectivity index (χ4v) is 3.50. The van der Waals surface area contributed by atoms with E-state index in [2.05, 4.69) is 15.8 Å². The summed E-state index contributed by atoms with van der Waals surface area (Å²) in [6.45, 7) is 2.32. The SMILES string of the molecule is O=C(NN=Cc1ccc(OCc2ccccc2)cc1)C(=O)Nc1ccccc1C(=O)N1CCOCC1. The molecule has 3 amide bonds. The van der Waals surface area contributed by atoms with Crippen LogP contribution in [0.15, 0.2) is 84.0 Å². The average molecular weight is 487 g/mol. The molecule has 0 unspecified atom stereocenters. The number of nitrogens with zero attached hydrogens (tertiary/aromatic N) is 2. The second-order valence-electron chi connectivity index (χ2n) is 7.95. The summed E-state index contributed by atoms with van der Waals surface area (Å²) in [5.74, 6) is -1.42. The lowest BCUT2D eigenvalue weighted by Crippen LogP contribution is -2.41. The summed E-state index contributed by atoms with van der Waals surface area (Å²) < 4.78 is 11.0. The molecular formula is C27H26N4O5. The van der Waals surface area contributed by atoms with Gasteiger partial charge in [0.25, 0.3) is 5.91 Å². The molecule has 1 aliphatic heterocycles. The van der Waals surface area contributed by atoms with Gasteiger partial charge in [-0.25, -0.2) is 5.43 Å². The molecule has 9 nitrogen and oxygen atoms in total. The highest BCUT2D eigenvalue weighted by molar-refractivity contribution is 6.40. The number of rotatable bonds is 7. The first kappa shape index (κ1) is 24.6. The maximum Gasteiger partial charge on any atom is 0.329 e. The molecule has 184 valence electrons. The molecular weight excluding hydrogens is 460 g/mol. The van der Waals surface area contributed by atoms with Gasteiger partial charge in [0.1, 0.15) is 12.4 Å². The van der Waals surface area contributed by atoms with E-state index >= 15 is 0 Å². The van der Waals surface area contributed by atoms with Gasteiger partial charge in [-0.3, -0.25) is 14.4 Å². The number of amides is 3. The first-order valence-corrected chi connectivity index (χ1v) is 11.5. The fourth-order valence-electron chi connectivity index (χ4n) is 3.50. The van der Waals surface area contributed by atoms with E-state index in [-0.39, 0.29) is 11.6 Å². The predicted molar refractivity (Wildman–Crippen MR) is 135 cm³/mol. The van der Waals surface area contributed by atoms with Gasteiger partial charge in [-0.15, -0.1) is 0 Å². The molecule has 2 N–H and O–H groups in total. The molecule has 0 atom stereocenters. The quantitative estimate of drug-likeness (QED) is 0.303. The Bertz CT molecular complexity index is 1220. The number of hydrazone groups is 1. The number of anilines is 1. The van der Waals surface area contributed by atoms with Gasteiger partial charge >= 0.3 is 11.8 Å². The van der Waals surface area contributed by atoms with Crippen molar-refractivity contribution in [2.75, 3.05) is 31.6 Å². The highest BCUT2D eigenvalue weighted by atomic mass is 16.5. The van der Waals surface area contributed by atoms with E-state index in [4.69, 9.17) is 9.47 Å². The maximum absolute atomic E-state index is 12.8. The molecule has 1 fully saturated rings. The van der Waals surface area contributed by atoms with Crippen LogP contribution in [-0.2, 0) is 20.9 Å². The van der Waals surface area contributed by atoms with E-state index in [0.29, 0.717) is 49.8 Å². The maximum atomic E-state index is 12.8. The summed E-state index contributed by atoms with van der Waals surface area (Å²) in [5.41, 5.74) is 4.54. The number of carbonyl (C=O) groups excluding carboxylic acids is 3. The predicted octanol–water partition coefficient (Wildman–Crippen LogP) is 2.83. The first-order chi connectivity index (χ1) is 17.6. The van der Waals surface area contributed by atoms with Crippen LogP contribution in [0, 0.1) is 0 Å². The molecule has 3 aromatic rings. The molecule has 0 saturated carbocycles. The second kappa shape index (κ2) is 12.3. The van der Waals surface area contributed by atoms with Gasteiger partial charge in [0.2, 0.25) is 0 Å². The van der Waals surface area contributed by atoms with Crippen LogP contribution in [0.3, 0.4) is 0 Å². The van der Waals surface area contributed by atoms with Crippen molar-refractivity contribution in [2.24, 2.45) is 5.10 Å². The number of nitrogens with one attached hydrogen (secondary N) is 2. The van der Waals surface area contributed by atoms with Crippen LogP contribution in [0.1, 0.15) is 21.5 Å². The zero-order valence-electron chi connectivity index (χ0n) is 19.6. The van der Waals surface area contributed by atoms with E-state index in [0.717, 1.165) is 5.56 Å². The Morgan fingerprint density at radius 2 is 1.58 bits per heavy atom. The molecule has 1 saturated heterocycles. The van der Waals surface area contributed by atoms with Crippen molar-refractivity contribution < 1.29 is 23.9 Å². The zero-order chi connectivity index (χ0) is 25.2. The van der Waals surface area contributed by atoms with Crippen LogP contribution in [0.25, 0.3) is 0 Å². The van der Waals surface area contributed by atoms with Gasteiger partial charge < -0.3 is 19.7 Å². The number of hydrogen-bond acceptors (Lipinski definition) is 6. The summed E-state index contributed by atoms with van der Waals surface area (Å²) in [7, 11) is 0. The average Bonchev–Trinajstić information content (AvgIpc) is 2.93. The standard InChI is InChI=1S/C27H26N4O5/c32-25(29-24-9-5-4-8-23(24)27(34)31-14-16-35-17-15-31)26(33)30-28-18-20-10-12-22(13-11-20)36-19-21-6-2-1-3-7-21/h1-13,18H,14-17,19H2,(H,29,32)(H,30,33). The fraction of sp³-hybridized carbons (Fsp3) is 0.185. The smallest absolute Gasteiger partial charge is 0.329 e. The van der Waals surface area contributed by atoms with Crippen LogP contribution in [0.4, 0.5) is 5.69 Å². The monoisotopic (exact) mass is 486 g/mol.